The quantitative estimate of drug-likeness (QED) is 0.871. The van der Waals surface area contributed by atoms with Crippen molar-refractivity contribution in [3.8, 4) is 11.4 Å². The van der Waals surface area contributed by atoms with E-state index in [0.29, 0.717) is 35.8 Å². The summed E-state index contributed by atoms with van der Waals surface area (Å²) in [5.41, 5.74) is 1.22. The average molecular weight is 317 g/mol. The molecule has 2 aromatic rings. The topological polar surface area (TPSA) is 99.7 Å². The molecule has 0 unspecified atom stereocenters. The minimum Gasteiger partial charge on any atom is -0.396 e. The number of carbonyl (C=O) groups excluding carboxylic acids is 1. The van der Waals surface area contributed by atoms with E-state index in [9.17, 15) is 15.0 Å². The number of carbonyl (C=O) groups is 1. The van der Waals surface area contributed by atoms with Crippen LogP contribution in [0.2, 0.25) is 0 Å². The number of amides is 1. The normalized spacial score (nSPS) is 21.4. The summed E-state index contributed by atoms with van der Waals surface area (Å²) >= 11 is 0. The van der Waals surface area contributed by atoms with Crippen LogP contribution in [0.15, 0.2) is 28.8 Å². The maximum atomic E-state index is 12.6. The Balaban J connectivity index is 1.78. The fourth-order valence-electron chi connectivity index (χ4n) is 2.77. The van der Waals surface area contributed by atoms with E-state index in [4.69, 9.17) is 4.52 Å². The van der Waals surface area contributed by atoms with Gasteiger partial charge in [0, 0.05) is 43.7 Å². The zero-order valence-corrected chi connectivity index (χ0v) is 12.8. The molecule has 0 radical (unpaired) electrons. The van der Waals surface area contributed by atoms with Crippen molar-refractivity contribution in [1.29, 1.82) is 0 Å². The highest BCUT2D eigenvalue weighted by Gasteiger charge is 2.30. The van der Waals surface area contributed by atoms with E-state index in [1.807, 2.05) is 6.07 Å². The summed E-state index contributed by atoms with van der Waals surface area (Å²) in [5, 5.41) is 23.0. The first-order valence-corrected chi connectivity index (χ1v) is 7.57. The Morgan fingerprint density at radius 1 is 1.48 bits per heavy atom. The van der Waals surface area contributed by atoms with Crippen LogP contribution in [-0.2, 0) is 0 Å². The van der Waals surface area contributed by atoms with Crippen molar-refractivity contribution >= 4 is 5.91 Å². The molecule has 1 fully saturated rings. The van der Waals surface area contributed by atoms with Gasteiger partial charge in [-0.05, 0) is 18.6 Å². The first-order chi connectivity index (χ1) is 11.1. The van der Waals surface area contributed by atoms with Crippen molar-refractivity contribution in [3.05, 3.63) is 35.7 Å². The van der Waals surface area contributed by atoms with Crippen LogP contribution in [-0.4, -0.2) is 57.0 Å². The molecule has 0 spiro atoms. The van der Waals surface area contributed by atoms with Gasteiger partial charge in [-0.25, -0.2) is 0 Å². The highest BCUT2D eigenvalue weighted by Crippen LogP contribution is 2.22. The van der Waals surface area contributed by atoms with Crippen molar-refractivity contribution in [2.75, 3.05) is 19.7 Å². The van der Waals surface area contributed by atoms with E-state index in [1.54, 1.807) is 30.0 Å². The van der Waals surface area contributed by atoms with Crippen LogP contribution >= 0.6 is 0 Å². The van der Waals surface area contributed by atoms with Gasteiger partial charge in [-0.3, -0.25) is 4.79 Å². The van der Waals surface area contributed by atoms with Crippen LogP contribution in [0.5, 0.6) is 0 Å². The van der Waals surface area contributed by atoms with Gasteiger partial charge < -0.3 is 19.6 Å². The predicted octanol–water partition coefficient (Wildman–Crippen LogP) is 0.860. The third kappa shape index (κ3) is 3.25. The Labute approximate surface area is 133 Å². The van der Waals surface area contributed by atoms with E-state index in [1.165, 1.54) is 0 Å². The number of rotatable bonds is 3. The van der Waals surface area contributed by atoms with E-state index in [2.05, 4.69) is 10.1 Å². The number of likely N-dealkylation sites (tertiary alicyclic amines) is 1. The molecule has 7 heteroatoms. The van der Waals surface area contributed by atoms with Crippen LogP contribution in [0.25, 0.3) is 11.4 Å². The maximum Gasteiger partial charge on any atom is 0.253 e. The van der Waals surface area contributed by atoms with Gasteiger partial charge in [0.05, 0.1) is 6.10 Å². The predicted molar refractivity (Wildman–Crippen MR) is 81.6 cm³/mol. The average Bonchev–Trinajstić information content (AvgIpc) is 3.01. The fourth-order valence-corrected chi connectivity index (χ4v) is 2.77. The summed E-state index contributed by atoms with van der Waals surface area (Å²) in [4.78, 5) is 18.4. The molecule has 3 rings (SSSR count). The van der Waals surface area contributed by atoms with Gasteiger partial charge in [-0.15, -0.1) is 0 Å². The Hall–Kier alpha value is -2.25. The number of aliphatic hydroxyl groups is 2. The lowest BCUT2D eigenvalue weighted by atomic mass is 9.94. The molecule has 1 aliphatic heterocycles. The second-order valence-electron chi connectivity index (χ2n) is 5.77. The first-order valence-electron chi connectivity index (χ1n) is 7.57. The second kappa shape index (κ2) is 6.47. The Morgan fingerprint density at radius 3 is 2.96 bits per heavy atom. The Morgan fingerprint density at radius 2 is 2.30 bits per heavy atom. The van der Waals surface area contributed by atoms with Gasteiger partial charge in [-0.2, -0.15) is 4.98 Å². The van der Waals surface area contributed by atoms with Crippen LogP contribution in [0.1, 0.15) is 22.7 Å². The molecule has 0 saturated carbocycles. The highest BCUT2D eigenvalue weighted by atomic mass is 16.5. The Kier molecular flexibility index (Phi) is 4.40. The van der Waals surface area contributed by atoms with Gasteiger partial charge >= 0.3 is 0 Å². The number of hydrogen-bond donors (Lipinski definition) is 2. The summed E-state index contributed by atoms with van der Waals surface area (Å²) in [6.07, 6.45) is -0.103. The molecule has 1 saturated heterocycles. The van der Waals surface area contributed by atoms with Crippen molar-refractivity contribution in [2.45, 2.75) is 19.4 Å². The van der Waals surface area contributed by atoms with Crippen LogP contribution in [0.3, 0.4) is 0 Å². The third-order valence-electron chi connectivity index (χ3n) is 4.14. The monoisotopic (exact) mass is 317 g/mol. The minimum atomic E-state index is -0.694. The molecule has 2 N–H and O–H groups in total. The maximum absolute atomic E-state index is 12.6. The van der Waals surface area contributed by atoms with Crippen LogP contribution in [0, 0.1) is 12.8 Å². The largest absolute Gasteiger partial charge is 0.396 e. The van der Waals surface area contributed by atoms with Crippen molar-refractivity contribution in [1.82, 2.24) is 15.0 Å². The second-order valence-corrected chi connectivity index (χ2v) is 5.77. The molecule has 1 amide bonds. The molecule has 2 heterocycles. The molecule has 1 aliphatic rings. The summed E-state index contributed by atoms with van der Waals surface area (Å²) in [6, 6.07) is 7.03. The van der Waals surface area contributed by atoms with Crippen molar-refractivity contribution in [2.24, 2.45) is 5.92 Å². The molecular formula is C16H19N3O4. The molecule has 0 bridgehead atoms. The van der Waals surface area contributed by atoms with E-state index in [0.717, 1.165) is 0 Å². The number of aliphatic hydroxyl groups excluding tert-OH is 2. The molecule has 122 valence electrons. The zero-order valence-electron chi connectivity index (χ0n) is 12.8. The fraction of sp³-hybridized carbons (Fsp3) is 0.438. The number of β-amino-alcohol motifs (C(OH)–C–C–N with tert-alkyl or cyclic N) is 1. The number of nitrogens with zero attached hydrogens (tertiary/aromatic N) is 3. The zero-order chi connectivity index (χ0) is 16.4. The lowest BCUT2D eigenvalue weighted by Gasteiger charge is -2.35. The van der Waals surface area contributed by atoms with E-state index < -0.39 is 6.10 Å². The number of aryl methyl sites for hydroxylation is 1. The molecule has 7 nitrogen and oxygen atoms in total. The lowest BCUT2D eigenvalue weighted by molar-refractivity contribution is 0.000879. The van der Waals surface area contributed by atoms with E-state index in [-0.39, 0.29) is 25.0 Å². The molecule has 2 atom stereocenters. The van der Waals surface area contributed by atoms with Gasteiger partial charge in [0.2, 0.25) is 11.7 Å². The highest BCUT2D eigenvalue weighted by molar-refractivity contribution is 5.95. The lowest BCUT2D eigenvalue weighted by Crippen LogP contribution is -2.47. The van der Waals surface area contributed by atoms with Crippen molar-refractivity contribution < 1.29 is 19.5 Å². The summed E-state index contributed by atoms with van der Waals surface area (Å²) in [5.74, 6) is 0.595. The smallest absolute Gasteiger partial charge is 0.253 e. The number of piperidine rings is 1. The van der Waals surface area contributed by atoms with Crippen molar-refractivity contribution in [3.63, 3.8) is 0 Å². The number of hydrogen-bond acceptors (Lipinski definition) is 6. The number of aromatic nitrogens is 2. The summed E-state index contributed by atoms with van der Waals surface area (Å²) < 4.78 is 4.96. The SMILES string of the molecule is Cc1nc(-c2cccc(C(=O)N3CC[C@H](CO)[C@@H](O)C3)c2)no1. The van der Waals surface area contributed by atoms with Gasteiger partial charge in [0.1, 0.15) is 0 Å². The Bertz CT molecular complexity index is 700. The molecule has 0 aliphatic carbocycles. The van der Waals surface area contributed by atoms with Crippen LogP contribution in [0.4, 0.5) is 0 Å². The molecule has 23 heavy (non-hydrogen) atoms. The van der Waals surface area contributed by atoms with Gasteiger partial charge in [0.25, 0.3) is 5.91 Å². The minimum absolute atomic E-state index is 0.0597. The summed E-state index contributed by atoms with van der Waals surface area (Å²) in [7, 11) is 0. The summed E-state index contributed by atoms with van der Waals surface area (Å²) in [6.45, 7) is 2.40. The van der Waals surface area contributed by atoms with E-state index >= 15 is 0 Å². The van der Waals surface area contributed by atoms with Crippen LogP contribution < -0.4 is 0 Å². The molecule has 1 aromatic carbocycles. The third-order valence-corrected chi connectivity index (χ3v) is 4.14. The first kappa shape index (κ1) is 15.6. The molecular weight excluding hydrogens is 298 g/mol. The standard InChI is InChI=1S/C16H19N3O4/c1-10-17-15(18-23-10)11-3-2-4-12(7-11)16(22)19-6-5-13(9-20)14(21)8-19/h2-4,7,13-14,20-21H,5-6,8-9H2,1H3/t13-,14+/m1/s1. The van der Waals surface area contributed by atoms with Gasteiger partial charge in [0.15, 0.2) is 0 Å². The van der Waals surface area contributed by atoms with Gasteiger partial charge in [-0.1, -0.05) is 17.3 Å². The molecule has 1 aromatic heterocycles. The number of benzene rings is 1.